The average molecular weight is 599 g/mol. The highest BCUT2D eigenvalue weighted by Gasteiger charge is 2.74. The Bertz CT molecular complexity index is 1290. The lowest BCUT2D eigenvalue weighted by Crippen LogP contribution is -2.76. The van der Waals surface area contributed by atoms with Crippen molar-refractivity contribution in [2.75, 3.05) is 20.7 Å². The summed E-state index contributed by atoms with van der Waals surface area (Å²) < 4.78 is 35.4. The van der Waals surface area contributed by atoms with Crippen molar-refractivity contribution in [3.05, 3.63) is 71.8 Å². The zero-order valence-corrected chi connectivity index (χ0v) is 24.4. The Morgan fingerprint density at radius 3 is 2.05 bits per heavy atom. The van der Waals surface area contributed by atoms with Crippen LogP contribution in [0.3, 0.4) is 0 Å². The third-order valence-corrected chi connectivity index (χ3v) is 8.90. The first kappa shape index (κ1) is 29.8. The van der Waals surface area contributed by atoms with Crippen LogP contribution in [-0.4, -0.2) is 107 Å². The average Bonchev–Trinajstić information content (AvgIpc) is 3.79. The normalized spacial score (nSPS) is 36.2. The van der Waals surface area contributed by atoms with Crippen molar-refractivity contribution in [3.63, 3.8) is 0 Å². The fourth-order valence-electron chi connectivity index (χ4n) is 6.41. The van der Waals surface area contributed by atoms with Crippen molar-refractivity contribution >= 4 is 12.2 Å². The van der Waals surface area contributed by atoms with Gasteiger partial charge in [-0.25, -0.2) is 9.59 Å². The van der Waals surface area contributed by atoms with E-state index >= 15 is 0 Å². The van der Waals surface area contributed by atoms with Gasteiger partial charge in [0.15, 0.2) is 5.60 Å². The maximum absolute atomic E-state index is 13.3. The number of amides is 2. The molecule has 0 radical (unpaired) electrons. The highest BCUT2D eigenvalue weighted by molar-refractivity contribution is 5.69. The number of ether oxygens (including phenoxy) is 6. The monoisotopic (exact) mass is 598 g/mol. The predicted molar refractivity (Wildman–Crippen MR) is 149 cm³/mol. The molecule has 12 nitrogen and oxygen atoms in total. The van der Waals surface area contributed by atoms with Gasteiger partial charge in [-0.05, 0) is 24.5 Å². The first-order valence-electron chi connectivity index (χ1n) is 14.5. The molecule has 1 aliphatic carbocycles. The van der Waals surface area contributed by atoms with Gasteiger partial charge < -0.3 is 48.4 Å². The Kier molecular flexibility index (Phi) is 8.09. The van der Waals surface area contributed by atoms with E-state index in [0.29, 0.717) is 6.42 Å². The minimum atomic E-state index is -1.96. The zero-order valence-electron chi connectivity index (χ0n) is 24.4. The van der Waals surface area contributed by atoms with E-state index in [4.69, 9.17) is 28.4 Å². The highest BCUT2D eigenvalue weighted by atomic mass is 16.8. The number of hydrogen-bond acceptors (Lipinski definition) is 10. The number of epoxide rings is 1. The molecule has 0 bridgehead atoms. The van der Waals surface area contributed by atoms with Crippen molar-refractivity contribution in [1.29, 1.82) is 0 Å². The van der Waals surface area contributed by atoms with Crippen LogP contribution in [0.2, 0.25) is 0 Å². The van der Waals surface area contributed by atoms with E-state index < -0.39 is 60.3 Å². The van der Waals surface area contributed by atoms with Gasteiger partial charge in [-0.3, -0.25) is 0 Å². The summed E-state index contributed by atoms with van der Waals surface area (Å²) in [6.07, 6.45) is -5.35. The van der Waals surface area contributed by atoms with Gasteiger partial charge in [0, 0.05) is 20.5 Å². The molecule has 232 valence electrons. The Hall–Kier alpha value is -3.26. The number of carbonyl (C=O) groups is 2. The maximum atomic E-state index is 13.3. The molecule has 3 aliphatic heterocycles. The largest absolute Gasteiger partial charge is 0.445 e. The number of likely N-dealkylation sites (N-methyl/N-ethyl adjacent to an activating group) is 2. The predicted octanol–water partition coefficient (Wildman–Crippen LogP) is 2.40. The fraction of sp³-hybridized carbons (Fsp3) is 0.548. The van der Waals surface area contributed by atoms with Crippen molar-refractivity contribution in [2.45, 2.75) is 87.2 Å². The van der Waals surface area contributed by atoms with E-state index in [1.807, 2.05) is 67.6 Å². The molecule has 3 heterocycles. The summed E-state index contributed by atoms with van der Waals surface area (Å²) in [7, 11) is 3.01. The molecule has 9 atom stereocenters. The Labute approximate surface area is 250 Å². The van der Waals surface area contributed by atoms with E-state index in [1.54, 1.807) is 0 Å². The summed E-state index contributed by atoms with van der Waals surface area (Å²) in [5.74, 6) is -1.96. The van der Waals surface area contributed by atoms with Crippen LogP contribution in [0.25, 0.3) is 0 Å². The van der Waals surface area contributed by atoms with Crippen molar-refractivity contribution in [2.24, 2.45) is 0 Å². The molecule has 0 aromatic heterocycles. The summed E-state index contributed by atoms with van der Waals surface area (Å²) in [6.45, 7) is 2.19. The van der Waals surface area contributed by atoms with Gasteiger partial charge in [-0.2, -0.15) is 0 Å². The number of aliphatic hydroxyl groups excluding tert-OH is 1. The van der Waals surface area contributed by atoms with Gasteiger partial charge >= 0.3 is 12.2 Å². The van der Waals surface area contributed by atoms with E-state index in [0.717, 1.165) is 11.1 Å². The Morgan fingerprint density at radius 1 is 0.930 bits per heavy atom. The second kappa shape index (κ2) is 11.7. The summed E-state index contributed by atoms with van der Waals surface area (Å²) in [4.78, 5) is 29.0. The molecule has 4 fully saturated rings. The van der Waals surface area contributed by atoms with E-state index in [1.165, 1.54) is 23.9 Å². The SMILES string of the molecule is C[C@@H]1CC2(CO2)C2(O)OC3C(CC(N(C)C(=O)OCc4ccccc4)C(O)C3N(C)C(=O)OCc3ccccc3)OC2O1. The number of hydrogen-bond donors (Lipinski definition) is 2. The van der Waals surface area contributed by atoms with Crippen LogP contribution in [0.5, 0.6) is 0 Å². The third kappa shape index (κ3) is 5.59. The zero-order chi connectivity index (χ0) is 30.4. The molecule has 12 heteroatoms. The quantitative estimate of drug-likeness (QED) is 0.477. The van der Waals surface area contributed by atoms with Crippen LogP contribution in [-0.2, 0) is 41.6 Å². The molecule has 2 aromatic carbocycles. The summed E-state index contributed by atoms with van der Waals surface area (Å²) in [5, 5.41) is 23.5. The fourth-order valence-corrected chi connectivity index (χ4v) is 6.41. The molecule has 4 aliphatic rings. The second-order valence-electron chi connectivity index (χ2n) is 11.8. The van der Waals surface area contributed by atoms with E-state index in [-0.39, 0.29) is 32.3 Å². The molecule has 8 unspecified atom stereocenters. The molecule has 2 amide bonds. The Morgan fingerprint density at radius 2 is 1.49 bits per heavy atom. The van der Waals surface area contributed by atoms with Crippen LogP contribution < -0.4 is 0 Å². The molecular formula is C31H38N2O10. The summed E-state index contributed by atoms with van der Waals surface area (Å²) in [6, 6.07) is 16.6. The minimum absolute atomic E-state index is 0.0160. The third-order valence-electron chi connectivity index (χ3n) is 8.90. The summed E-state index contributed by atoms with van der Waals surface area (Å²) in [5.41, 5.74) is 0.591. The van der Waals surface area contributed by atoms with Crippen molar-refractivity contribution in [1.82, 2.24) is 9.80 Å². The number of benzene rings is 2. The molecule has 1 spiro atoms. The number of aliphatic hydroxyl groups is 2. The van der Waals surface area contributed by atoms with Gasteiger partial charge in [-0.1, -0.05) is 60.7 Å². The lowest BCUT2D eigenvalue weighted by Gasteiger charge is -2.57. The number of fused-ring (bicyclic) bond motifs is 3. The van der Waals surface area contributed by atoms with Gasteiger partial charge in [-0.15, -0.1) is 0 Å². The van der Waals surface area contributed by atoms with Gasteiger partial charge in [0.05, 0.1) is 37.0 Å². The van der Waals surface area contributed by atoms with E-state index in [2.05, 4.69) is 0 Å². The van der Waals surface area contributed by atoms with Gasteiger partial charge in [0.1, 0.15) is 19.3 Å². The molecule has 1 saturated carbocycles. The summed E-state index contributed by atoms with van der Waals surface area (Å²) >= 11 is 0. The maximum Gasteiger partial charge on any atom is 0.410 e. The number of nitrogens with zero attached hydrogens (tertiary/aromatic N) is 2. The molecule has 6 rings (SSSR count). The van der Waals surface area contributed by atoms with Gasteiger partial charge in [0.2, 0.25) is 6.29 Å². The highest BCUT2D eigenvalue weighted by Crippen LogP contribution is 2.54. The second-order valence-corrected chi connectivity index (χ2v) is 11.8. The molecule has 43 heavy (non-hydrogen) atoms. The number of rotatable bonds is 6. The number of carbonyl (C=O) groups excluding carboxylic acids is 2. The van der Waals surface area contributed by atoms with Crippen LogP contribution >= 0.6 is 0 Å². The topological polar surface area (TPSA) is 140 Å². The molecule has 3 saturated heterocycles. The lowest BCUT2D eigenvalue weighted by atomic mass is 9.79. The van der Waals surface area contributed by atoms with Crippen LogP contribution in [0, 0.1) is 0 Å². The minimum Gasteiger partial charge on any atom is -0.445 e. The standard InChI is InChI=1S/C31H38N2O10/c1-19-15-30(18-40-30)31(37)27(41-19)42-23-14-22(32(2)28(35)38-16-20-10-6-4-7-11-20)25(34)24(26(23)43-31)33(3)29(36)39-17-21-12-8-5-9-13-21/h4-13,19,22-27,34,37H,14-18H2,1-3H3/t19-,22?,23?,24?,25?,26?,27?,30?,31?/m1/s1. The smallest absolute Gasteiger partial charge is 0.410 e. The molecule has 2 aromatic rings. The van der Waals surface area contributed by atoms with Gasteiger partial charge in [0.25, 0.3) is 5.79 Å². The molecular weight excluding hydrogens is 560 g/mol. The lowest BCUT2D eigenvalue weighted by molar-refractivity contribution is -0.455. The van der Waals surface area contributed by atoms with Crippen LogP contribution in [0.4, 0.5) is 9.59 Å². The molecule has 2 N–H and O–H groups in total. The van der Waals surface area contributed by atoms with Crippen molar-refractivity contribution in [3.8, 4) is 0 Å². The first-order valence-corrected chi connectivity index (χ1v) is 14.5. The van der Waals surface area contributed by atoms with Crippen molar-refractivity contribution < 1.29 is 48.2 Å². The van der Waals surface area contributed by atoms with Crippen LogP contribution in [0.1, 0.15) is 30.9 Å². The first-order chi connectivity index (χ1) is 20.6. The van der Waals surface area contributed by atoms with E-state index in [9.17, 15) is 19.8 Å². The Balaban J connectivity index is 1.24. The van der Waals surface area contributed by atoms with Crippen LogP contribution in [0.15, 0.2) is 60.7 Å².